The van der Waals surface area contributed by atoms with Crippen molar-refractivity contribution in [3.8, 4) is 56.3 Å². The first kappa shape index (κ1) is 27.3. The zero-order valence-corrected chi connectivity index (χ0v) is 26.2. The standard InChI is InChI=1S/C43H27N3S/c1-4-12-28(13-5-1)29-20-22-30(23-21-29)36-27-37(46-43(45-36)32-16-8-3-9-17-32)33-24-25-34-38(26-33)44-41(31-14-6-2-7-15-31)40-35-18-10-11-19-39(35)47-42(34)40/h1-27H. The van der Waals surface area contributed by atoms with E-state index in [4.69, 9.17) is 15.0 Å². The van der Waals surface area contributed by atoms with Gasteiger partial charge in [0.25, 0.3) is 0 Å². The van der Waals surface area contributed by atoms with Gasteiger partial charge in [-0.25, -0.2) is 15.0 Å². The second-order valence-electron chi connectivity index (χ2n) is 11.6. The maximum absolute atomic E-state index is 5.35. The third kappa shape index (κ3) is 4.96. The molecular formula is C43H27N3S. The highest BCUT2D eigenvalue weighted by molar-refractivity contribution is 7.26. The van der Waals surface area contributed by atoms with E-state index in [-0.39, 0.29) is 0 Å². The maximum Gasteiger partial charge on any atom is 0.160 e. The van der Waals surface area contributed by atoms with Gasteiger partial charge in [-0.05, 0) is 29.3 Å². The molecule has 0 N–H and O–H groups in total. The van der Waals surface area contributed by atoms with Crippen molar-refractivity contribution in [2.45, 2.75) is 0 Å². The summed E-state index contributed by atoms with van der Waals surface area (Å²) in [6, 6.07) is 57.1. The topological polar surface area (TPSA) is 38.7 Å². The monoisotopic (exact) mass is 617 g/mol. The molecule has 3 nitrogen and oxygen atoms in total. The van der Waals surface area contributed by atoms with Crippen LogP contribution in [0.15, 0.2) is 164 Å². The molecule has 220 valence electrons. The van der Waals surface area contributed by atoms with Gasteiger partial charge in [0.1, 0.15) is 0 Å². The van der Waals surface area contributed by atoms with Gasteiger partial charge in [0.05, 0.1) is 22.6 Å². The molecule has 0 amide bonds. The van der Waals surface area contributed by atoms with Crippen LogP contribution >= 0.6 is 11.3 Å². The molecule has 6 aromatic carbocycles. The highest BCUT2D eigenvalue weighted by Crippen LogP contribution is 2.43. The molecular weight excluding hydrogens is 591 g/mol. The fourth-order valence-corrected chi connectivity index (χ4v) is 7.59. The average Bonchev–Trinajstić information content (AvgIpc) is 3.55. The van der Waals surface area contributed by atoms with Crippen molar-refractivity contribution in [2.75, 3.05) is 0 Å². The van der Waals surface area contributed by atoms with Crippen molar-refractivity contribution in [1.29, 1.82) is 0 Å². The highest BCUT2D eigenvalue weighted by atomic mass is 32.1. The van der Waals surface area contributed by atoms with Crippen LogP contribution in [-0.4, -0.2) is 15.0 Å². The van der Waals surface area contributed by atoms with Crippen LogP contribution in [0.1, 0.15) is 0 Å². The van der Waals surface area contributed by atoms with Crippen LogP contribution < -0.4 is 0 Å². The Morgan fingerprint density at radius 1 is 0.383 bits per heavy atom. The second kappa shape index (κ2) is 11.4. The molecule has 0 aliphatic heterocycles. The quantitative estimate of drug-likeness (QED) is 0.193. The number of pyridine rings is 1. The van der Waals surface area contributed by atoms with Crippen LogP contribution in [0.2, 0.25) is 0 Å². The van der Waals surface area contributed by atoms with E-state index in [1.54, 1.807) is 0 Å². The van der Waals surface area contributed by atoms with Crippen molar-refractivity contribution >= 4 is 42.4 Å². The molecule has 0 aliphatic rings. The Hall–Kier alpha value is -5.97. The fourth-order valence-electron chi connectivity index (χ4n) is 6.35. The van der Waals surface area contributed by atoms with Gasteiger partial charge >= 0.3 is 0 Å². The lowest BCUT2D eigenvalue weighted by Crippen LogP contribution is -1.96. The lowest BCUT2D eigenvalue weighted by Gasteiger charge is -2.12. The largest absolute Gasteiger partial charge is 0.247 e. The third-order valence-electron chi connectivity index (χ3n) is 8.70. The predicted molar refractivity (Wildman–Crippen MR) is 197 cm³/mol. The molecule has 47 heavy (non-hydrogen) atoms. The van der Waals surface area contributed by atoms with E-state index in [2.05, 4.69) is 140 Å². The molecule has 0 unspecified atom stereocenters. The van der Waals surface area contributed by atoms with Gasteiger partial charge in [0.15, 0.2) is 5.82 Å². The lowest BCUT2D eigenvalue weighted by atomic mass is 10.00. The molecule has 0 spiro atoms. The average molecular weight is 618 g/mol. The molecule has 0 atom stereocenters. The minimum absolute atomic E-state index is 0.697. The summed E-state index contributed by atoms with van der Waals surface area (Å²) in [6.07, 6.45) is 0. The zero-order valence-electron chi connectivity index (χ0n) is 25.3. The minimum Gasteiger partial charge on any atom is -0.247 e. The summed E-state index contributed by atoms with van der Waals surface area (Å²) in [5, 5.41) is 3.61. The second-order valence-corrected chi connectivity index (χ2v) is 12.7. The van der Waals surface area contributed by atoms with Crippen LogP contribution in [-0.2, 0) is 0 Å². The van der Waals surface area contributed by atoms with E-state index in [1.807, 2.05) is 35.6 Å². The summed E-state index contributed by atoms with van der Waals surface area (Å²) in [4.78, 5) is 15.5. The van der Waals surface area contributed by atoms with Crippen molar-refractivity contribution in [3.63, 3.8) is 0 Å². The van der Waals surface area contributed by atoms with Crippen LogP contribution in [0.5, 0.6) is 0 Å². The van der Waals surface area contributed by atoms with Crippen molar-refractivity contribution in [2.24, 2.45) is 0 Å². The van der Waals surface area contributed by atoms with E-state index < -0.39 is 0 Å². The van der Waals surface area contributed by atoms with Crippen LogP contribution in [0, 0.1) is 0 Å². The van der Waals surface area contributed by atoms with Gasteiger partial charge in [-0.15, -0.1) is 11.3 Å². The Bertz CT molecular complexity index is 2540. The van der Waals surface area contributed by atoms with Gasteiger partial charge in [0.2, 0.25) is 0 Å². The lowest BCUT2D eigenvalue weighted by molar-refractivity contribution is 1.18. The Kier molecular flexibility index (Phi) is 6.65. The van der Waals surface area contributed by atoms with Crippen molar-refractivity contribution in [3.05, 3.63) is 164 Å². The molecule has 0 saturated heterocycles. The molecule has 9 aromatic rings. The van der Waals surface area contributed by atoms with Gasteiger partial charge in [-0.3, -0.25) is 0 Å². The Morgan fingerprint density at radius 2 is 0.936 bits per heavy atom. The van der Waals surface area contributed by atoms with Gasteiger partial charge in [0, 0.05) is 47.8 Å². The highest BCUT2D eigenvalue weighted by Gasteiger charge is 2.18. The van der Waals surface area contributed by atoms with E-state index in [0.717, 1.165) is 50.2 Å². The number of hydrogen-bond donors (Lipinski definition) is 0. The normalized spacial score (nSPS) is 11.4. The maximum atomic E-state index is 5.35. The Morgan fingerprint density at radius 3 is 1.66 bits per heavy atom. The summed E-state index contributed by atoms with van der Waals surface area (Å²) in [5.74, 6) is 0.697. The molecule has 3 heterocycles. The Labute approximate surface area is 276 Å². The molecule has 0 aliphatic carbocycles. The first-order chi connectivity index (χ1) is 23.3. The van der Waals surface area contributed by atoms with Gasteiger partial charge < -0.3 is 0 Å². The molecule has 3 aromatic heterocycles. The summed E-state index contributed by atoms with van der Waals surface area (Å²) in [7, 11) is 0. The molecule has 0 saturated carbocycles. The molecule has 0 bridgehead atoms. The first-order valence-electron chi connectivity index (χ1n) is 15.7. The summed E-state index contributed by atoms with van der Waals surface area (Å²) in [6.45, 7) is 0. The molecule has 4 heteroatoms. The summed E-state index contributed by atoms with van der Waals surface area (Å²) in [5.41, 5.74) is 10.2. The number of benzene rings is 6. The zero-order chi connectivity index (χ0) is 31.2. The number of rotatable bonds is 5. The third-order valence-corrected chi connectivity index (χ3v) is 9.90. The van der Waals surface area contributed by atoms with Crippen LogP contribution in [0.3, 0.4) is 0 Å². The fraction of sp³-hybridized carbons (Fsp3) is 0. The minimum atomic E-state index is 0.697. The number of nitrogens with zero attached hydrogens (tertiary/aromatic N) is 3. The molecule has 0 fully saturated rings. The van der Waals surface area contributed by atoms with Crippen LogP contribution in [0.25, 0.3) is 87.4 Å². The van der Waals surface area contributed by atoms with E-state index in [1.165, 1.54) is 31.3 Å². The smallest absolute Gasteiger partial charge is 0.160 e. The number of thiophene rings is 1. The SMILES string of the molecule is c1ccc(-c2ccc(-c3cc(-c4ccc5c(c4)nc(-c4ccccc4)c4c6ccccc6sc54)nc(-c4ccccc4)n3)cc2)cc1. The summed E-state index contributed by atoms with van der Waals surface area (Å²) >= 11 is 1.83. The van der Waals surface area contributed by atoms with E-state index in [0.29, 0.717) is 5.82 Å². The van der Waals surface area contributed by atoms with Gasteiger partial charge in [-0.1, -0.05) is 146 Å². The van der Waals surface area contributed by atoms with Crippen LogP contribution in [0.4, 0.5) is 0 Å². The van der Waals surface area contributed by atoms with E-state index in [9.17, 15) is 0 Å². The van der Waals surface area contributed by atoms with Crippen molar-refractivity contribution < 1.29 is 0 Å². The molecule has 0 radical (unpaired) electrons. The number of hydrogen-bond acceptors (Lipinski definition) is 4. The number of aromatic nitrogens is 3. The predicted octanol–water partition coefficient (Wildman–Crippen LogP) is 11.7. The van der Waals surface area contributed by atoms with E-state index >= 15 is 0 Å². The Balaban J connectivity index is 1.23. The van der Waals surface area contributed by atoms with Gasteiger partial charge in [-0.2, -0.15) is 0 Å². The first-order valence-corrected chi connectivity index (χ1v) is 16.5. The number of fused-ring (bicyclic) bond motifs is 5. The molecule has 9 rings (SSSR count). The summed E-state index contributed by atoms with van der Waals surface area (Å²) < 4.78 is 2.53. The van der Waals surface area contributed by atoms with Crippen molar-refractivity contribution in [1.82, 2.24) is 15.0 Å².